The molecule has 1 aromatic carbocycles. The van der Waals surface area contributed by atoms with Crippen molar-refractivity contribution in [2.24, 2.45) is 0 Å². The Kier molecular flexibility index (Phi) is 4.84. The zero-order chi connectivity index (χ0) is 14.6. The monoisotopic (exact) mass is 282 g/mol. The third-order valence-electron chi connectivity index (χ3n) is 2.29. The maximum absolute atomic E-state index is 11.5. The smallest absolute Gasteiger partial charge is 0.407 e. The molecule has 3 N–H and O–H groups in total. The van der Waals surface area contributed by atoms with Crippen LogP contribution in [0, 0.1) is 0 Å². The first-order valence-electron chi connectivity index (χ1n) is 5.90. The van der Waals surface area contributed by atoms with Gasteiger partial charge in [0.2, 0.25) is 0 Å². The van der Waals surface area contributed by atoms with Crippen molar-refractivity contribution in [3.05, 3.63) is 34.9 Å². The molecule has 1 rings (SSSR count). The van der Waals surface area contributed by atoms with Gasteiger partial charge in [0, 0.05) is 17.3 Å². The summed E-state index contributed by atoms with van der Waals surface area (Å²) in [5.74, 6) is 0. The second kappa shape index (κ2) is 5.97. The number of rotatable bonds is 3. The van der Waals surface area contributed by atoms with Crippen molar-refractivity contribution < 1.29 is 9.53 Å². The molecule has 0 heterocycles. The topological polar surface area (TPSA) is 64.3 Å². The number of anilines is 1. The summed E-state index contributed by atoms with van der Waals surface area (Å²) in [5.41, 5.74) is 7.35. The van der Waals surface area contributed by atoms with E-state index < -0.39 is 11.7 Å². The van der Waals surface area contributed by atoms with Crippen LogP contribution in [0.4, 0.5) is 10.5 Å². The van der Waals surface area contributed by atoms with Crippen molar-refractivity contribution in [3.63, 3.8) is 0 Å². The average Bonchev–Trinajstić information content (AvgIpc) is 2.25. The second-order valence-corrected chi connectivity index (χ2v) is 5.54. The number of nitrogens with one attached hydrogen (secondary N) is 1. The summed E-state index contributed by atoms with van der Waals surface area (Å²) in [5, 5.41) is 3.15. The van der Waals surface area contributed by atoms with Crippen molar-refractivity contribution in [2.75, 3.05) is 5.73 Å². The molecule has 0 saturated carbocycles. The van der Waals surface area contributed by atoms with E-state index in [-0.39, 0.29) is 6.54 Å². The Morgan fingerprint density at radius 2 is 2.16 bits per heavy atom. The van der Waals surface area contributed by atoms with Crippen LogP contribution in [0.15, 0.2) is 18.7 Å². The number of hydrogen-bond donors (Lipinski definition) is 2. The molecule has 0 unspecified atom stereocenters. The largest absolute Gasteiger partial charge is 0.444 e. The Labute approximate surface area is 118 Å². The quantitative estimate of drug-likeness (QED) is 0.833. The van der Waals surface area contributed by atoms with Crippen molar-refractivity contribution >= 4 is 29.5 Å². The average molecular weight is 283 g/mol. The minimum Gasteiger partial charge on any atom is -0.444 e. The molecule has 0 bridgehead atoms. The number of nitrogen functional groups attached to an aromatic ring is 1. The molecular formula is C14H19ClN2O2. The highest BCUT2D eigenvalue weighted by atomic mass is 35.5. The van der Waals surface area contributed by atoms with E-state index in [1.165, 1.54) is 0 Å². The number of halogens is 1. The SMILES string of the molecule is C=Cc1cc(CNC(=O)OC(C)(C)C)c(Cl)cc1N. The molecule has 0 fully saturated rings. The van der Waals surface area contributed by atoms with Crippen LogP contribution in [0.2, 0.25) is 5.02 Å². The highest BCUT2D eigenvalue weighted by Gasteiger charge is 2.16. The van der Waals surface area contributed by atoms with Crippen LogP contribution in [0.1, 0.15) is 31.9 Å². The Hall–Kier alpha value is -1.68. The molecule has 0 atom stereocenters. The summed E-state index contributed by atoms with van der Waals surface area (Å²) in [7, 11) is 0. The fourth-order valence-corrected chi connectivity index (χ4v) is 1.69. The predicted molar refractivity (Wildman–Crippen MR) is 79.0 cm³/mol. The molecule has 1 amide bonds. The van der Waals surface area contributed by atoms with Crippen LogP contribution in [0.25, 0.3) is 6.08 Å². The first kappa shape index (κ1) is 15.4. The number of alkyl carbamates (subject to hydrolysis) is 1. The summed E-state index contributed by atoms with van der Waals surface area (Å²) in [6.07, 6.45) is 1.16. The molecule has 0 spiro atoms. The molecule has 0 radical (unpaired) electrons. The molecule has 104 valence electrons. The zero-order valence-corrected chi connectivity index (χ0v) is 12.2. The Balaban J connectivity index is 2.73. The van der Waals surface area contributed by atoms with Gasteiger partial charge >= 0.3 is 6.09 Å². The van der Waals surface area contributed by atoms with Gasteiger partial charge < -0.3 is 15.8 Å². The van der Waals surface area contributed by atoms with Crippen LogP contribution in [0.3, 0.4) is 0 Å². The van der Waals surface area contributed by atoms with Gasteiger partial charge in [-0.05, 0) is 44.0 Å². The minimum atomic E-state index is -0.527. The van der Waals surface area contributed by atoms with E-state index in [1.54, 1.807) is 39.0 Å². The van der Waals surface area contributed by atoms with Gasteiger partial charge in [0.15, 0.2) is 0 Å². The number of nitrogens with two attached hydrogens (primary N) is 1. The summed E-state index contributed by atoms with van der Waals surface area (Å²) in [6, 6.07) is 3.44. The second-order valence-electron chi connectivity index (χ2n) is 5.13. The predicted octanol–water partition coefficient (Wildman–Crippen LogP) is 3.59. The lowest BCUT2D eigenvalue weighted by atomic mass is 10.1. The number of amides is 1. The van der Waals surface area contributed by atoms with Gasteiger partial charge in [-0.1, -0.05) is 24.3 Å². The summed E-state index contributed by atoms with van der Waals surface area (Å²) < 4.78 is 5.14. The van der Waals surface area contributed by atoms with Gasteiger partial charge in [0.05, 0.1) is 0 Å². The Morgan fingerprint density at radius 1 is 1.53 bits per heavy atom. The lowest BCUT2D eigenvalue weighted by Crippen LogP contribution is -2.32. The van der Waals surface area contributed by atoms with Crippen LogP contribution in [-0.2, 0) is 11.3 Å². The number of hydrogen-bond acceptors (Lipinski definition) is 3. The van der Waals surface area contributed by atoms with Crippen LogP contribution >= 0.6 is 11.6 Å². The lowest BCUT2D eigenvalue weighted by Gasteiger charge is -2.20. The molecule has 0 aliphatic carbocycles. The van der Waals surface area contributed by atoms with E-state index in [4.69, 9.17) is 22.1 Å². The van der Waals surface area contributed by atoms with E-state index >= 15 is 0 Å². The summed E-state index contributed by atoms with van der Waals surface area (Å²) >= 11 is 6.07. The fraction of sp³-hybridized carbons (Fsp3) is 0.357. The normalized spacial score (nSPS) is 10.9. The van der Waals surface area contributed by atoms with Gasteiger partial charge in [-0.3, -0.25) is 0 Å². The molecule has 0 aromatic heterocycles. The summed E-state index contributed by atoms with van der Waals surface area (Å²) in [6.45, 7) is 9.36. The Morgan fingerprint density at radius 3 is 2.68 bits per heavy atom. The number of benzene rings is 1. The highest BCUT2D eigenvalue weighted by Crippen LogP contribution is 2.24. The molecule has 0 aliphatic heterocycles. The molecule has 19 heavy (non-hydrogen) atoms. The Bertz CT molecular complexity index is 493. The van der Waals surface area contributed by atoms with Gasteiger partial charge in [-0.25, -0.2) is 4.79 Å². The maximum Gasteiger partial charge on any atom is 0.407 e. The fourth-order valence-electron chi connectivity index (χ4n) is 1.45. The zero-order valence-electron chi connectivity index (χ0n) is 11.4. The van der Waals surface area contributed by atoms with Crippen molar-refractivity contribution in [1.29, 1.82) is 0 Å². The van der Waals surface area contributed by atoms with Gasteiger partial charge in [0.25, 0.3) is 0 Å². The summed E-state index contributed by atoms with van der Waals surface area (Å²) in [4.78, 5) is 11.5. The number of carbonyl (C=O) groups is 1. The molecule has 1 aromatic rings. The van der Waals surface area contributed by atoms with E-state index in [2.05, 4.69) is 11.9 Å². The van der Waals surface area contributed by atoms with Crippen molar-refractivity contribution in [3.8, 4) is 0 Å². The third-order valence-corrected chi connectivity index (χ3v) is 2.65. The first-order chi connectivity index (χ1) is 8.73. The highest BCUT2D eigenvalue weighted by molar-refractivity contribution is 6.31. The van der Waals surface area contributed by atoms with Gasteiger partial charge in [0.1, 0.15) is 5.60 Å². The van der Waals surface area contributed by atoms with Gasteiger partial charge in [-0.15, -0.1) is 0 Å². The van der Waals surface area contributed by atoms with Crippen LogP contribution in [-0.4, -0.2) is 11.7 Å². The standard InChI is InChI=1S/C14H19ClN2O2/c1-5-9-6-10(11(15)7-12(9)16)8-17-13(18)19-14(2,3)4/h5-7H,1,8,16H2,2-4H3,(H,17,18). The van der Waals surface area contributed by atoms with Gasteiger partial charge in [-0.2, -0.15) is 0 Å². The molecule has 0 saturated heterocycles. The van der Waals surface area contributed by atoms with E-state index in [1.807, 2.05) is 0 Å². The molecule has 0 aliphatic rings. The number of ether oxygens (including phenoxy) is 1. The lowest BCUT2D eigenvalue weighted by molar-refractivity contribution is 0.0523. The first-order valence-corrected chi connectivity index (χ1v) is 6.28. The van der Waals surface area contributed by atoms with Crippen LogP contribution < -0.4 is 11.1 Å². The minimum absolute atomic E-state index is 0.273. The third kappa shape index (κ3) is 4.83. The van der Waals surface area contributed by atoms with E-state index in [9.17, 15) is 4.79 Å². The van der Waals surface area contributed by atoms with E-state index in [0.717, 1.165) is 11.1 Å². The van der Waals surface area contributed by atoms with Crippen molar-refractivity contribution in [2.45, 2.75) is 32.9 Å². The molecular weight excluding hydrogens is 264 g/mol. The molecule has 5 heteroatoms. The van der Waals surface area contributed by atoms with E-state index in [0.29, 0.717) is 10.7 Å². The van der Waals surface area contributed by atoms with Crippen molar-refractivity contribution in [1.82, 2.24) is 5.32 Å². The number of carbonyl (C=O) groups excluding carboxylic acids is 1. The van der Waals surface area contributed by atoms with Crippen LogP contribution in [0.5, 0.6) is 0 Å². The molecule has 4 nitrogen and oxygen atoms in total. The maximum atomic E-state index is 11.5.